The molecule has 4 aromatic rings. The maximum absolute atomic E-state index is 12.1. The van der Waals surface area contributed by atoms with Crippen LogP contribution in [0, 0.1) is 0 Å². The zero-order valence-electron chi connectivity index (χ0n) is 16.4. The molecule has 8 nitrogen and oxygen atoms in total. The third-order valence-corrected chi connectivity index (χ3v) is 6.51. The summed E-state index contributed by atoms with van der Waals surface area (Å²) in [6.45, 7) is 0.641. The monoisotopic (exact) mass is 454 g/mol. The summed E-state index contributed by atoms with van der Waals surface area (Å²) in [4.78, 5) is 16.8. The molecule has 0 atom stereocenters. The Hall–Kier alpha value is -3.11. The van der Waals surface area contributed by atoms with E-state index >= 15 is 0 Å². The smallest absolute Gasteiger partial charge is 0.277 e. The van der Waals surface area contributed by atoms with Crippen LogP contribution < -0.4 is 14.8 Å². The van der Waals surface area contributed by atoms with Gasteiger partial charge in [-0.15, -0.1) is 21.5 Å². The number of rotatable bonds is 8. The standard InChI is InChI=1S/C21H18N4O4S2/c26-18(22-10-13-5-6-15-16(9-13)28-12-27-15)11-30-21-25-24-19(29-21)7-8-20-23-14-3-1-2-4-17(14)31-20/h1-6,9H,7-8,10-12H2,(H,22,26). The second-order valence-corrected chi connectivity index (χ2v) is 8.83. The first-order valence-corrected chi connectivity index (χ1v) is 11.5. The molecule has 1 N–H and O–H groups in total. The van der Waals surface area contributed by atoms with Crippen molar-refractivity contribution in [1.29, 1.82) is 0 Å². The zero-order valence-corrected chi connectivity index (χ0v) is 18.0. The van der Waals surface area contributed by atoms with Crippen LogP contribution in [0.3, 0.4) is 0 Å². The predicted molar refractivity (Wildman–Crippen MR) is 116 cm³/mol. The Kier molecular flexibility index (Phi) is 5.72. The number of carbonyl (C=O) groups excluding carboxylic acids is 1. The molecule has 1 aliphatic heterocycles. The summed E-state index contributed by atoms with van der Waals surface area (Å²) in [5, 5.41) is 12.4. The first-order chi connectivity index (χ1) is 15.2. The van der Waals surface area contributed by atoms with E-state index in [0.29, 0.717) is 29.8 Å². The third-order valence-electron chi connectivity index (χ3n) is 4.59. The van der Waals surface area contributed by atoms with E-state index in [1.54, 1.807) is 11.3 Å². The normalized spacial score (nSPS) is 12.4. The Balaban J connectivity index is 1.07. The quantitative estimate of drug-likeness (QED) is 0.403. The molecule has 158 valence electrons. The number of para-hydroxylation sites is 1. The first kappa shape index (κ1) is 19.8. The highest BCUT2D eigenvalue weighted by molar-refractivity contribution is 7.99. The Bertz CT molecular complexity index is 1190. The van der Waals surface area contributed by atoms with Crippen molar-refractivity contribution in [2.75, 3.05) is 12.5 Å². The van der Waals surface area contributed by atoms with E-state index in [0.717, 1.165) is 28.3 Å². The minimum absolute atomic E-state index is 0.114. The first-order valence-electron chi connectivity index (χ1n) is 9.68. The zero-order chi connectivity index (χ0) is 21.0. The molecule has 2 aromatic heterocycles. The Morgan fingerprint density at radius 3 is 2.94 bits per heavy atom. The van der Waals surface area contributed by atoms with Crippen LogP contribution in [0.2, 0.25) is 0 Å². The molecular weight excluding hydrogens is 436 g/mol. The van der Waals surface area contributed by atoms with Gasteiger partial charge in [-0.2, -0.15) is 0 Å². The van der Waals surface area contributed by atoms with E-state index in [2.05, 4.69) is 26.6 Å². The van der Waals surface area contributed by atoms with E-state index in [9.17, 15) is 4.79 Å². The maximum Gasteiger partial charge on any atom is 0.277 e. The summed E-state index contributed by atoms with van der Waals surface area (Å²) in [5.41, 5.74) is 1.95. The van der Waals surface area contributed by atoms with Crippen LogP contribution in [-0.2, 0) is 24.2 Å². The Morgan fingerprint density at radius 1 is 1.10 bits per heavy atom. The van der Waals surface area contributed by atoms with Crippen LogP contribution in [-0.4, -0.2) is 33.6 Å². The number of fused-ring (bicyclic) bond motifs is 2. The summed E-state index contributed by atoms with van der Waals surface area (Å²) in [6, 6.07) is 13.7. The number of benzene rings is 2. The largest absolute Gasteiger partial charge is 0.454 e. The molecule has 0 aliphatic carbocycles. The molecule has 5 rings (SSSR count). The van der Waals surface area contributed by atoms with Gasteiger partial charge in [0.1, 0.15) is 0 Å². The molecule has 0 saturated carbocycles. The van der Waals surface area contributed by atoms with Gasteiger partial charge < -0.3 is 19.2 Å². The Morgan fingerprint density at radius 2 is 2.00 bits per heavy atom. The molecule has 31 heavy (non-hydrogen) atoms. The van der Waals surface area contributed by atoms with Crippen molar-refractivity contribution in [1.82, 2.24) is 20.5 Å². The van der Waals surface area contributed by atoms with E-state index in [4.69, 9.17) is 13.9 Å². The number of carbonyl (C=O) groups is 1. The molecule has 1 amide bonds. The van der Waals surface area contributed by atoms with E-state index in [1.165, 1.54) is 16.5 Å². The number of thioether (sulfide) groups is 1. The van der Waals surface area contributed by atoms with Gasteiger partial charge >= 0.3 is 0 Å². The van der Waals surface area contributed by atoms with Crippen molar-refractivity contribution in [3.63, 3.8) is 0 Å². The fourth-order valence-corrected chi connectivity index (χ4v) is 4.65. The summed E-state index contributed by atoms with van der Waals surface area (Å²) < 4.78 is 17.5. The highest BCUT2D eigenvalue weighted by Crippen LogP contribution is 2.32. The van der Waals surface area contributed by atoms with E-state index < -0.39 is 0 Å². The fraction of sp³-hybridized carbons (Fsp3) is 0.238. The van der Waals surface area contributed by atoms with E-state index in [-0.39, 0.29) is 18.5 Å². The number of amides is 1. The van der Waals surface area contributed by atoms with Crippen LogP contribution >= 0.6 is 23.1 Å². The van der Waals surface area contributed by atoms with Crippen LogP contribution in [0.15, 0.2) is 52.1 Å². The molecule has 1 aliphatic rings. The minimum atomic E-state index is -0.114. The number of aromatic nitrogens is 3. The van der Waals surface area contributed by atoms with Gasteiger partial charge in [-0.25, -0.2) is 4.98 Å². The number of ether oxygens (including phenoxy) is 2. The maximum atomic E-state index is 12.1. The van der Waals surface area contributed by atoms with Crippen molar-refractivity contribution in [2.24, 2.45) is 0 Å². The lowest BCUT2D eigenvalue weighted by molar-refractivity contribution is -0.118. The summed E-state index contributed by atoms with van der Waals surface area (Å²) in [7, 11) is 0. The number of aryl methyl sites for hydroxylation is 2. The van der Waals surface area contributed by atoms with Gasteiger partial charge in [-0.1, -0.05) is 30.0 Å². The minimum Gasteiger partial charge on any atom is -0.454 e. The summed E-state index contributed by atoms with van der Waals surface area (Å²) in [5.74, 6) is 2.05. The van der Waals surface area contributed by atoms with Gasteiger partial charge in [0.2, 0.25) is 18.6 Å². The van der Waals surface area contributed by atoms with Crippen molar-refractivity contribution in [3.8, 4) is 11.5 Å². The third kappa shape index (κ3) is 4.80. The Labute approximate surface area is 186 Å². The van der Waals surface area contributed by atoms with Gasteiger partial charge in [0, 0.05) is 19.4 Å². The second kappa shape index (κ2) is 8.94. The van der Waals surface area contributed by atoms with Gasteiger partial charge in [0.15, 0.2) is 11.5 Å². The lowest BCUT2D eigenvalue weighted by Crippen LogP contribution is -2.24. The molecule has 2 aromatic carbocycles. The highest BCUT2D eigenvalue weighted by atomic mass is 32.2. The van der Waals surface area contributed by atoms with E-state index in [1.807, 2.05) is 36.4 Å². The average molecular weight is 455 g/mol. The average Bonchev–Trinajstić information content (AvgIpc) is 3.53. The topological polar surface area (TPSA) is 99.4 Å². The molecule has 0 fully saturated rings. The van der Waals surface area contributed by atoms with Crippen molar-refractivity contribution >= 4 is 39.2 Å². The number of hydrogen-bond acceptors (Lipinski definition) is 9. The molecule has 0 unspecified atom stereocenters. The summed E-state index contributed by atoms with van der Waals surface area (Å²) in [6.07, 6.45) is 1.35. The highest BCUT2D eigenvalue weighted by Gasteiger charge is 2.14. The van der Waals surface area contributed by atoms with Gasteiger partial charge in [0.05, 0.1) is 21.0 Å². The van der Waals surface area contributed by atoms with Crippen molar-refractivity contribution in [2.45, 2.75) is 24.6 Å². The number of nitrogens with one attached hydrogen (secondary N) is 1. The van der Waals surface area contributed by atoms with Crippen LogP contribution in [0.1, 0.15) is 16.5 Å². The molecule has 0 radical (unpaired) electrons. The van der Waals surface area contributed by atoms with Crippen LogP contribution in [0.4, 0.5) is 0 Å². The molecular formula is C21H18N4O4S2. The number of hydrogen-bond donors (Lipinski definition) is 1. The predicted octanol–water partition coefficient (Wildman–Crippen LogP) is 3.60. The van der Waals surface area contributed by atoms with Gasteiger partial charge in [-0.3, -0.25) is 4.79 Å². The molecule has 3 heterocycles. The number of nitrogens with zero attached hydrogens (tertiary/aromatic N) is 3. The van der Waals surface area contributed by atoms with Crippen LogP contribution in [0.25, 0.3) is 10.2 Å². The SMILES string of the molecule is O=C(CSc1nnc(CCc2nc3ccccc3s2)o1)NCc1ccc2c(c1)OCO2. The van der Waals surface area contributed by atoms with Crippen LogP contribution in [0.5, 0.6) is 11.5 Å². The molecule has 0 saturated heterocycles. The van der Waals surface area contributed by atoms with Crippen molar-refractivity contribution < 1.29 is 18.7 Å². The van der Waals surface area contributed by atoms with Gasteiger partial charge in [0.25, 0.3) is 5.22 Å². The van der Waals surface area contributed by atoms with Crippen molar-refractivity contribution in [3.05, 3.63) is 58.9 Å². The van der Waals surface area contributed by atoms with Gasteiger partial charge in [-0.05, 0) is 29.8 Å². The lowest BCUT2D eigenvalue weighted by atomic mass is 10.2. The lowest BCUT2D eigenvalue weighted by Gasteiger charge is -2.05. The molecule has 0 bridgehead atoms. The number of thiazole rings is 1. The fourth-order valence-electron chi connectivity index (χ4n) is 3.07. The second-order valence-electron chi connectivity index (χ2n) is 6.79. The molecule has 0 spiro atoms. The molecule has 10 heteroatoms. The summed E-state index contributed by atoms with van der Waals surface area (Å²) >= 11 is 2.89.